The summed E-state index contributed by atoms with van der Waals surface area (Å²) in [5.41, 5.74) is 17.1. The van der Waals surface area contributed by atoms with Crippen LogP contribution in [0.4, 0.5) is 22.7 Å². The van der Waals surface area contributed by atoms with Crippen molar-refractivity contribution in [3.8, 4) is 90.6 Å². The largest absolute Gasteiger partial charge is 0.483 e. The molecule has 20 rings (SSSR count). The molecule has 38 nitrogen and oxygen atoms in total. The molecule has 4 fully saturated rings. The number of nitrogens with zero attached hydrogens (tertiary/aromatic N) is 20. The van der Waals surface area contributed by atoms with Gasteiger partial charge in [0.15, 0.2) is 0 Å². The Morgan fingerprint density at radius 1 is 0.373 bits per heavy atom. The highest BCUT2D eigenvalue weighted by atomic mass is 16.5. The molecule has 0 unspecified atom stereocenters. The number of carboxylic acid groups (broad SMARTS) is 2. The predicted octanol–water partition coefficient (Wildman–Crippen LogP) is 14.7. The monoisotopic (exact) mass is 1800 g/mol. The van der Waals surface area contributed by atoms with Gasteiger partial charge in [0.1, 0.15) is 45.6 Å². The van der Waals surface area contributed by atoms with E-state index in [4.69, 9.17) is 59.1 Å². The highest BCUT2D eigenvalue weighted by molar-refractivity contribution is 6.07. The summed E-state index contributed by atoms with van der Waals surface area (Å²) in [6.45, 7) is 6.26. The second kappa shape index (κ2) is 45.1. The summed E-state index contributed by atoms with van der Waals surface area (Å²) in [4.78, 5) is 113. The Hall–Kier alpha value is -16.6. The Kier molecular flexibility index (Phi) is 31.0. The van der Waals surface area contributed by atoms with Gasteiger partial charge < -0.3 is 50.4 Å². The average molecular weight is 1800 g/mol. The van der Waals surface area contributed by atoms with Gasteiger partial charge in [-0.05, 0) is 186 Å². The molecule has 0 bridgehead atoms. The van der Waals surface area contributed by atoms with Crippen LogP contribution in [0, 0.1) is 13.8 Å². The lowest BCUT2D eigenvalue weighted by Crippen LogP contribution is -2.32. The minimum atomic E-state index is -0.314. The third-order valence-electron chi connectivity index (χ3n) is 22.1. The van der Waals surface area contributed by atoms with E-state index in [0.717, 1.165) is 84.7 Å². The lowest BCUT2D eigenvalue weighted by Gasteiger charge is -2.34. The van der Waals surface area contributed by atoms with Crippen LogP contribution < -0.4 is 21.3 Å². The summed E-state index contributed by atoms with van der Waals surface area (Å²) in [7, 11) is 3.45. The number of anilines is 4. The number of rotatable bonds is 22. The number of aromatic amines is 2. The molecule has 16 aromatic rings. The number of hydrogen-bond donors (Lipinski definition) is 8. The normalized spacial score (nSPS) is 15.4. The van der Waals surface area contributed by atoms with Crippen LogP contribution in [0.1, 0.15) is 129 Å². The standard InChI is InChI=1S/2C25H24N6O2.2C22H21N7O2.2CH2O2/c1-16-10-17(14-26-13-16)20-7-5-8-22(28-20)25(32)29-23-15-31(18-11-19(12-18)33-2)30-24(23)21-6-3-4-9-27-21;1-17-13-18(15-26-14-17)20-6-4-7-22(28-20)25(32)29-23-16-31(19-8-11-33-12-9-19)30-24(23)21-5-2-3-10-27-21;1-31-16-9-15(10-16)29-13-20(21(28-29)18-5-2-3-8-23-18)27-22(30)19-7-4-6-17(26-19)14-11-24-25-12-14;30-22(19-6-3-5-17(26-19)15-12-24-25-13-15)27-20-14-29(16-7-10-31-11-8-16)28-21(20)18-4-1-2-9-23-18;2*2-1-3/h3-10,13-15,18-19H,11-12H2,1-2H3,(H,29,32);2-7,10,13-16,19H,8-9,11-12H2,1H3,(H,29,32);2-8,11-13,15-16H,9-10H2,1H3,(H,24,25)(H,27,30);1-6,9,12-14,16H,7-8,10-11H2,(H,24,25)(H,27,30);2*1H,(H,2,3). The van der Waals surface area contributed by atoms with Crippen LogP contribution in [-0.2, 0) is 28.5 Å². The van der Waals surface area contributed by atoms with Crippen molar-refractivity contribution in [3.63, 3.8) is 0 Å². The van der Waals surface area contributed by atoms with E-state index >= 15 is 0 Å². The number of H-pyrrole nitrogens is 2. The SMILES string of the molecule is COC1CC(n2cc(NC(=O)c3cccc(-c4cn[nH]c4)n3)c(-c3ccccn3)n2)C1.COC1CC(n2cc(NC(=O)c3cccc(-c4cncc(C)c4)n3)c(-c3ccccn3)n2)C1.Cc1cncc(-c2cccc(C(=O)Nc3cn(C4CCOCC4)nc3-c3ccccn3)n2)c1.O=C(Nc1cn(C2CCOCC2)nc1-c1ccccn1)c1cccc(-c2cn[nH]c2)n1.O=CO.O=CO. The van der Waals surface area contributed by atoms with Crippen molar-refractivity contribution in [2.24, 2.45) is 0 Å². The number of amides is 4. The van der Waals surface area contributed by atoms with Crippen LogP contribution in [0.25, 0.3) is 90.6 Å². The molecule has 16 aromatic heterocycles. The highest BCUT2D eigenvalue weighted by Crippen LogP contribution is 2.40. The zero-order valence-electron chi connectivity index (χ0n) is 73.3. The number of aryl methyl sites for hydroxylation is 2. The van der Waals surface area contributed by atoms with E-state index in [1.54, 1.807) is 125 Å². The fourth-order valence-corrected chi connectivity index (χ4v) is 15.0. The summed E-state index contributed by atoms with van der Waals surface area (Å²) in [6.07, 6.45) is 35.8. The molecule has 0 aromatic carbocycles. The van der Waals surface area contributed by atoms with Crippen LogP contribution in [0.2, 0.25) is 0 Å². The van der Waals surface area contributed by atoms with E-state index in [1.807, 2.05) is 179 Å². The molecule has 0 radical (unpaired) electrons. The minimum Gasteiger partial charge on any atom is -0.483 e. The lowest BCUT2D eigenvalue weighted by molar-refractivity contribution is -0.123. The number of nitrogens with one attached hydrogen (secondary N) is 6. The molecule has 134 heavy (non-hydrogen) atoms. The Morgan fingerprint density at radius 3 is 0.903 bits per heavy atom. The molecule has 0 spiro atoms. The first-order valence-electron chi connectivity index (χ1n) is 42.9. The van der Waals surface area contributed by atoms with Crippen LogP contribution >= 0.6 is 0 Å². The zero-order chi connectivity index (χ0) is 93.1. The van der Waals surface area contributed by atoms with Crippen LogP contribution in [-0.4, -0.2) is 209 Å². The maximum Gasteiger partial charge on any atom is 0.290 e. The number of aromatic nitrogens is 22. The maximum absolute atomic E-state index is 13.2. The van der Waals surface area contributed by atoms with Crippen molar-refractivity contribution >= 4 is 59.3 Å². The Bertz CT molecular complexity index is 6570. The van der Waals surface area contributed by atoms with Gasteiger partial charge in [0, 0.05) is 150 Å². The number of methoxy groups -OCH3 is 2. The van der Waals surface area contributed by atoms with E-state index in [9.17, 15) is 19.2 Å². The van der Waals surface area contributed by atoms with E-state index in [1.165, 1.54) is 0 Å². The van der Waals surface area contributed by atoms with Gasteiger partial charge in [0.05, 0.1) is 117 Å². The highest BCUT2D eigenvalue weighted by Gasteiger charge is 2.35. The molecule has 4 aliphatic rings. The van der Waals surface area contributed by atoms with E-state index in [0.29, 0.717) is 140 Å². The van der Waals surface area contributed by atoms with Gasteiger partial charge in [-0.15, -0.1) is 0 Å². The van der Waals surface area contributed by atoms with Crippen LogP contribution in [0.15, 0.2) is 257 Å². The number of carbonyl (C=O) groups is 6. The molecule has 2 saturated carbocycles. The first kappa shape index (κ1) is 92.1. The fourth-order valence-electron chi connectivity index (χ4n) is 15.0. The van der Waals surface area contributed by atoms with E-state index in [-0.39, 0.29) is 72.9 Å². The smallest absolute Gasteiger partial charge is 0.290 e. The van der Waals surface area contributed by atoms with Crippen molar-refractivity contribution in [3.05, 3.63) is 291 Å². The van der Waals surface area contributed by atoms with E-state index < -0.39 is 0 Å². The number of ether oxygens (including phenoxy) is 4. The molecule has 0 atom stereocenters. The van der Waals surface area contributed by atoms with Gasteiger partial charge in [-0.2, -0.15) is 30.6 Å². The number of hydrogen-bond acceptors (Lipinski definition) is 26. The molecule has 2 aliphatic heterocycles. The Labute approximate surface area is 767 Å². The molecular formula is C96H94N26O12. The maximum atomic E-state index is 13.2. The van der Waals surface area contributed by atoms with Gasteiger partial charge in [0.25, 0.3) is 36.6 Å². The molecule has 8 N–H and O–H groups in total. The summed E-state index contributed by atoms with van der Waals surface area (Å²) < 4.78 is 29.4. The molecule has 38 heteroatoms. The van der Waals surface area contributed by atoms with E-state index in [2.05, 4.69) is 91.5 Å². The molecule has 18 heterocycles. The van der Waals surface area contributed by atoms with Crippen molar-refractivity contribution in [1.29, 1.82) is 0 Å². The first-order chi connectivity index (χ1) is 65.6. The van der Waals surface area contributed by atoms with Crippen LogP contribution in [0.5, 0.6) is 0 Å². The Morgan fingerprint density at radius 2 is 0.649 bits per heavy atom. The van der Waals surface area contributed by atoms with Gasteiger partial charge in [0.2, 0.25) is 0 Å². The van der Waals surface area contributed by atoms with Gasteiger partial charge >= 0.3 is 0 Å². The van der Waals surface area contributed by atoms with Gasteiger partial charge in [-0.3, -0.25) is 87.6 Å². The summed E-state index contributed by atoms with van der Waals surface area (Å²) in [6, 6.07) is 48.8. The van der Waals surface area contributed by atoms with Crippen molar-refractivity contribution < 1.29 is 57.9 Å². The lowest BCUT2D eigenvalue weighted by atomic mass is 9.89. The summed E-state index contributed by atoms with van der Waals surface area (Å²) in [5.74, 6) is -1.24. The molecule has 680 valence electrons. The fraction of sp³-hybridized carbons (Fsp3) is 0.229. The average Bonchev–Trinajstić information content (AvgIpc) is 1.34. The first-order valence-corrected chi connectivity index (χ1v) is 42.9. The molecule has 4 amide bonds. The van der Waals surface area contributed by atoms with Crippen molar-refractivity contribution in [2.75, 3.05) is 61.9 Å². The molecule has 2 aliphatic carbocycles. The second-order valence-corrected chi connectivity index (χ2v) is 31.1. The van der Waals surface area contributed by atoms with Crippen molar-refractivity contribution in [1.82, 2.24) is 109 Å². The predicted molar refractivity (Wildman–Crippen MR) is 495 cm³/mol. The molecule has 2 saturated heterocycles. The summed E-state index contributed by atoms with van der Waals surface area (Å²) in [5, 5.41) is 58.1. The summed E-state index contributed by atoms with van der Waals surface area (Å²) >= 11 is 0. The molecular weight excluding hydrogens is 1710 g/mol. The quantitative estimate of drug-likeness (QED) is 0.0292. The van der Waals surface area contributed by atoms with Crippen molar-refractivity contribution in [2.45, 2.75) is 102 Å². The van der Waals surface area contributed by atoms with Gasteiger partial charge in [-0.1, -0.05) is 48.5 Å². The van der Waals surface area contributed by atoms with Gasteiger partial charge in [-0.25, -0.2) is 19.9 Å². The number of pyridine rings is 10. The third-order valence-corrected chi connectivity index (χ3v) is 22.1. The second-order valence-electron chi connectivity index (χ2n) is 31.1. The Balaban J connectivity index is 0.000000133. The minimum absolute atomic E-state index is 0.224. The topological polar surface area (TPSA) is 485 Å². The zero-order valence-corrected chi connectivity index (χ0v) is 73.3. The van der Waals surface area contributed by atoms with Crippen LogP contribution in [0.3, 0.4) is 0 Å². The third kappa shape index (κ3) is 23.5. The number of carbonyl (C=O) groups excluding carboxylic acids is 4.